The highest BCUT2D eigenvalue weighted by atomic mass is 35.5. The van der Waals surface area contributed by atoms with Crippen molar-refractivity contribution in [2.24, 2.45) is 7.05 Å². The zero-order chi connectivity index (χ0) is 17.4. The van der Waals surface area contributed by atoms with E-state index in [4.69, 9.17) is 11.6 Å². The molecular formula is C19H14ClN3OS. The van der Waals surface area contributed by atoms with Crippen LogP contribution in [0.5, 0.6) is 0 Å². The molecule has 0 saturated heterocycles. The van der Waals surface area contributed by atoms with Gasteiger partial charge in [0.15, 0.2) is 0 Å². The maximum atomic E-state index is 12.2. The number of aromatic nitrogens is 2. The molecular weight excluding hydrogens is 354 g/mol. The Kier molecular flexibility index (Phi) is 4.03. The van der Waals surface area contributed by atoms with Gasteiger partial charge in [0.05, 0.1) is 20.2 Å². The molecule has 0 unspecified atom stereocenters. The molecule has 25 heavy (non-hydrogen) atoms. The second kappa shape index (κ2) is 6.35. The van der Waals surface area contributed by atoms with Gasteiger partial charge in [0.1, 0.15) is 5.82 Å². The number of rotatable bonds is 3. The van der Waals surface area contributed by atoms with Gasteiger partial charge in [-0.05, 0) is 48.5 Å². The zero-order valence-corrected chi connectivity index (χ0v) is 14.9. The van der Waals surface area contributed by atoms with Crippen LogP contribution in [0.3, 0.4) is 0 Å². The fraction of sp³-hybridized carbons (Fsp3) is 0.0526. The van der Waals surface area contributed by atoms with Crippen molar-refractivity contribution in [2.45, 2.75) is 0 Å². The number of anilines is 1. The van der Waals surface area contributed by atoms with Crippen LogP contribution in [0.2, 0.25) is 4.34 Å². The first-order valence-corrected chi connectivity index (χ1v) is 8.90. The van der Waals surface area contributed by atoms with Gasteiger partial charge < -0.3 is 9.88 Å². The maximum absolute atomic E-state index is 12.2. The number of aryl methyl sites for hydroxylation is 1. The third kappa shape index (κ3) is 3.04. The number of halogens is 1. The van der Waals surface area contributed by atoms with E-state index >= 15 is 0 Å². The number of fused-ring (bicyclic) bond motifs is 1. The maximum Gasteiger partial charge on any atom is 0.265 e. The number of carbonyl (C=O) groups is 1. The van der Waals surface area contributed by atoms with E-state index in [-0.39, 0.29) is 5.91 Å². The molecule has 6 heteroatoms. The molecule has 0 aliphatic heterocycles. The summed E-state index contributed by atoms with van der Waals surface area (Å²) in [5, 5.41) is 2.88. The molecule has 0 saturated carbocycles. The lowest BCUT2D eigenvalue weighted by Gasteiger charge is -2.06. The summed E-state index contributed by atoms with van der Waals surface area (Å²) in [6, 6.07) is 19.1. The number of amides is 1. The number of benzene rings is 2. The largest absolute Gasteiger partial charge is 0.327 e. The summed E-state index contributed by atoms with van der Waals surface area (Å²) in [5.41, 5.74) is 3.78. The molecule has 0 fully saturated rings. The third-order valence-corrected chi connectivity index (χ3v) is 5.22. The first kappa shape index (κ1) is 15.9. The van der Waals surface area contributed by atoms with E-state index in [1.54, 1.807) is 12.1 Å². The number of hydrogen-bond acceptors (Lipinski definition) is 3. The van der Waals surface area contributed by atoms with Crippen molar-refractivity contribution < 1.29 is 4.79 Å². The minimum Gasteiger partial charge on any atom is -0.327 e. The smallest absolute Gasteiger partial charge is 0.265 e. The molecule has 0 aliphatic rings. The van der Waals surface area contributed by atoms with Crippen LogP contribution in [0.15, 0.2) is 60.7 Å². The van der Waals surface area contributed by atoms with Crippen molar-refractivity contribution in [1.29, 1.82) is 0 Å². The summed E-state index contributed by atoms with van der Waals surface area (Å²) in [7, 11) is 2.00. The fourth-order valence-electron chi connectivity index (χ4n) is 2.74. The summed E-state index contributed by atoms with van der Waals surface area (Å²) < 4.78 is 2.67. The van der Waals surface area contributed by atoms with Crippen LogP contribution < -0.4 is 5.32 Å². The molecule has 0 radical (unpaired) electrons. The Bertz CT molecular complexity index is 1070. The van der Waals surface area contributed by atoms with Gasteiger partial charge in [-0.15, -0.1) is 11.3 Å². The van der Waals surface area contributed by atoms with Crippen molar-refractivity contribution >= 4 is 45.6 Å². The molecule has 2 aromatic carbocycles. The van der Waals surface area contributed by atoms with Gasteiger partial charge in [-0.1, -0.05) is 23.7 Å². The van der Waals surface area contributed by atoms with Gasteiger partial charge in [0.25, 0.3) is 5.91 Å². The normalized spacial score (nSPS) is 11.0. The number of imidazole rings is 1. The van der Waals surface area contributed by atoms with Crippen molar-refractivity contribution in [3.63, 3.8) is 0 Å². The van der Waals surface area contributed by atoms with Gasteiger partial charge in [0, 0.05) is 18.3 Å². The lowest BCUT2D eigenvalue weighted by Crippen LogP contribution is -2.09. The lowest BCUT2D eigenvalue weighted by molar-refractivity contribution is 0.103. The van der Waals surface area contributed by atoms with Crippen molar-refractivity contribution in [3.8, 4) is 11.4 Å². The third-order valence-electron chi connectivity index (χ3n) is 3.99. The van der Waals surface area contributed by atoms with Crippen LogP contribution in [-0.4, -0.2) is 15.5 Å². The molecule has 2 aromatic heterocycles. The van der Waals surface area contributed by atoms with Crippen LogP contribution in [-0.2, 0) is 7.05 Å². The Morgan fingerprint density at radius 1 is 1.08 bits per heavy atom. The van der Waals surface area contributed by atoms with E-state index < -0.39 is 0 Å². The van der Waals surface area contributed by atoms with Crippen molar-refractivity contribution in [3.05, 3.63) is 69.9 Å². The minimum atomic E-state index is -0.160. The monoisotopic (exact) mass is 367 g/mol. The topological polar surface area (TPSA) is 46.9 Å². The average Bonchev–Trinajstić information content (AvgIpc) is 3.20. The summed E-state index contributed by atoms with van der Waals surface area (Å²) in [5.74, 6) is 0.733. The highest BCUT2D eigenvalue weighted by molar-refractivity contribution is 7.18. The van der Waals surface area contributed by atoms with E-state index in [0.717, 1.165) is 28.1 Å². The second-order valence-corrected chi connectivity index (χ2v) is 7.33. The van der Waals surface area contributed by atoms with Crippen LogP contribution in [0, 0.1) is 0 Å². The molecule has 0 bridgehead atoms. The second-order valence-electron chi connectivity index (χ2n) is 5.62. The summed E-state index contributed by atoms with van der Waals surface area (Å²) in [6.07, 6.45) is 0. The number of hydrogen-bond donors (Lipinski definition) is 1. The lowest BCUT2D eigenvalue weighted by atomic mass is 10.2. The fourth-order valence-corrected chi connectivity index (χ4v) is 3.67. The van der Waals surface area contributed by atoms with Crippen molar-refractivity contribution in [2.75, 3.05) is 5.32 Å². The average molecular weight is 368 g/mol. The van der Waals surface area contributed by atoms with E-state index in [2.05, 4.69) is 14.9 Å². The number of thiophene rings is 1. The summed E-state index contributed by atoms with van der Waals surface area (Å²) in [4.78, 5) is 17.5. The van der Waals surface area contributed by atoms with E-state index in [1.165, 1.54) is 11.3 Å². The Labute approximate surface area is 153 Å². The first-order chi connectivity index (χ1) is 12.1. The molecule has 124 valence electrons. The predicted octanol–water partition coefficient (Wildman–Crippen LogP) is 5.21. The van der Waals surface area contributed by atoms with Crippen molar-refractivity contribution in [1.82, 2.24) is 9.55 Å². The molecule has 2 heterocycles. The number of carbonyl (C=O) groups excluding carboxylic acids is 1. The Morgan fingerprint density at radius 2 is 1.84 bits per heavy atom. The molecule has 0 spiro atoms. The quantitative estimate of drug-likeness (QED) is 0.540. The van der Waals surface area contributed by atoms with Gasteiger partial charge in [0.2, 0.25) is 0 Å². The molecule has 1 amide bonds. The summed E-state index contributed by atoms with van der Waals surface area (Å²) in [6.45, 7) is 0. The van der Waals surface area contributed by atoms with Crippen LogP contribution in [0.25, 0.3) is 22.4 Å². The van der Waals surface area contributed by atoms with Gasteiger partial charge in [-0.25, -0.2) is 4.98 Å². The Hall–Kier alpha value is -2.63. The highest BCUT2D eigenvalue weighted by Gasteiger charge is 2.11. The van der Waals surface area contributed by atoms with Gasteiger partial charge in [-0.3, -0.25) is 4.79 Å². The van der Waals surface area contributed by atoms with Gasteiger partial charge >= 0.3 is 0 Å². The highest BCUT2D eigenvalue weighted by Crippen LogP contribution is 2.26. The molecule has 0 aliphatic carbocycles. The minimum absolute atomic E-state index is 0.160. The van der Waals surface area contributed by atoms with Gasteiger partial charge in [-0.2, -0.15) is 0 Å². The molecule has 4 aromatic rings. The SMILES string of the molecule is Cn1c(-c2ccc(NC(=O)c3ccc(Cl)s3)cc2)nc2ccccc21. The molecule has 1 N–H and O–H groups in total. The molecule has 4 nitrogen and oxygen atoms in total. The molecule has 0 atom stereocenters. The van der Waals surface area contributed by atoms with Crippen LogP contribution >= 0.6 is 22.9 Å². The number of para-hydroxylation sites is 2. The van der Waals surface area contributed by atoms with E-state index in [0.29, 0.717) is 9.21 Å². The molecule has 4 rings (SSSR count). The Morgan fingerprint density at radius 3 is 2.52 bits per heavy atom. The summed E-state index contributed by atoms with van der Waals surface area (Å²) >= 11 is 7.13. The van der Waals surface area contributed by atoms with Crippen LogP contribution in [0.4, 0.5) is 5.69 Å². The number of nitrogens with one attached hydrogen (secondary N) is 1. The Balaban J connectivity index is 1.59. The van der Waals surface area contributed by atoms with E-state index in [9.17, 15) is 4.79 Å². The predicted molar refractivity (Wildman–Crippen MR) is 103 cm³/mol. The standard InChI is InChI=1S/C19H14ClN3OS/c1-23-15-5-3-2-4-14(15)22-18(23)12-6-8-13(9-7-12)21-19(24)16-10-11-17(20)25-16/h2-11H,1H3,(H,21,24). The van der Waals surface area contributed by atoms with E-state index in [1.807, 2.05) is 55.6 Å². The number of nitrogens with zero attached hydrogens (tertiary/aromatic N) is 2. The zero-order valence-electron chi connectivity index (χ0n) is 13.4. The first-order valence-electron chi connectivity index (χ1n) is 7.70. The van der Waals surface area contributed by atoms with Crippen LogP contribution in [0.1, 0.15) is 9.67 Å².